The van der Waals surface area contributed by atoms with Crippen molar-refractivity contribution in [2.24, 2.45) is 0 Å². The second kappa shape index (κ2) is 12.6. The second-order valence-electron chi connectivity index (χ2n) is 10.2. The Morgan fingerprint density at radius 1 is 0.289 bits per heavy atom. The fraction of sp³-hybridized carbons (Fsp3) is 0. The summed E-state index contributed by atoms with van der Waals surface area (Å²) >= 11 is 0. The van der Waals surface area contributed by atoms with E-state index in [9.17, 15) is 25.5 Å². The molecular weight excluding hydrogens is 885 g/mol. The van der Waals surface area contributed by atoms with Crippen molar-refractivity contribution in [3.63, 3.8) is 0 Å². The van der Waals surface area contributed by atoms with Gasteiger partial charge in [0, 0.05) is 0 Å². The predicted molar refractivity (Wildman–Crippen MR) is 190 cm³/mol. The Morgan fingerprint density at radius 3 is 0.578 bits per heavy atom. The summed E-state index contributed by atoms with van der Waals surface area (Å²) in [6.07, 6.45) is 0. The molecule has 5 aromatic rings. The molecule has 0 aromatic heterocycles. The molecule has 0 aliphatic carbocycles. The molecule has 1 fully saturated rings. The van der Waals surface area contributed by atoms with Crippen LogP contribution in [0.5, 0.6) is 28.7 Å². The van der Waals surface area contributed by atoms with Crippen LogP contribution in [0.25, 0.3) is 0 Å². The quantitative estimate of drug-likeness (QED) is 0.0578. The normalized spacial score (nSPS) is 21.1. The molecule has 45 heavy (non-hydrogen) atoms. The number of phenolic OH excluding ortho intramolecular Hbond substituents is 5. The predicted octanol–water partition coefficient (Wildman–Crippen LogP) is -1.16. The van der Waals surface area contributed by atoms with Crippen LogP contribution in [0.1, 0.15) is 0 Å². The van der Waals surface area contributed by atoms with E-state index in [0.717, 1.165) is 21.8 Å². The SMILES string of the molecule is Nc1cc([As]2[As](c3ccc(O)c(N)c3)[As](c3ccc(O)c(N)c3)[As](c3ccc(O)c(N)c3)[As]2c2ccc(O)c(N)c2)ccc1O. The Labute approximate surface area is 274 Å². The molecule has 6 rings (SSSR count). The van der Waals surface area contributed by atoms with E-state index in [1.807, 2.05) is 60.7 Å². The molecule has 5 aromatic carbocycles. The zero-order chi connectivity index (χ0) is 32.2. The maximum absolute atomic E-state index is 10.4. The molecule has 1 aliphatic rings. The van der Waals surface area contributed by atoms with Crippen molar-refractivity contribution in [1.29, 1.82) is 0 Å². The number of phenols is 5. The van der Waals surface area contributed by atoms with E-state index in [0.29, 0.717) is 28.4 Å². The zero-order valence-electron chi connectivity index (χ0n) is 23.5. The molecule has 1 aliphatic heterocycles. The van der Waals surface area contributed by atoms with Crippen LogP contribution in [-0.4, -0.2) is 78.1 Å². The third-order valence-corrected chi connectivity index (χ3v) is 254. The van der Waals surface area contributed by atoms with Crippen LogP contribution >= 0.6 is 0 Å². The van der Waals surface area contributed by atoms with Gasteiger partial charge in [0.2, 0.25) is 0 Å². The molecule has 15 heteroatoms. The number of nitrogens with two attached hydrogens (primary N) is 5. The molecule has 15 N–H and O–H groups in total. The van der Waals surface area contributed by atoms with Crippen molar-refractivity contribution in [3.05, 3.63) is 91.0 Å². The van der Waals surface area contributed by atoms with Gasteiger partial charge in [0.05, 0.1) is 0 Å². The van der Waals surface area contributed by atoms with Crippen LogP contribution in [0.3, 0.4) is 0 Å². The second-order valence-corrected chi connectivity index (χ2v) is 104. The van der Waals surface area contributed by atoms with Gasteiger partial charge in [-0.2, -0.15) is 0 Å². The maximum atomic E-state index is 10.4. The molecule has 0 spiro atoms. The summed E-state index contributed by atoms with van der Waals surface area (Å²) in [6.45, 7) is 0. The summed E-state index contributed by atoms with van der Waals surface area (Å²) in [5.74, 6) is 0.112. The standard InChI is InChI=1S/C30H30As5N5O5/c36-21-11-16(1-6-26(21)41)31-32(17-2-7-27(42)22(37)12-17)34(19-4-9-29(44)24(39)14-19)35(20-5-10-30(45)25(40)15-20)33(31)18-3-8-28(43)23(38)13-18/h1-15,41-45H,36-40H2. The summed E-state index contributed by atoms with van der Waals surface area (Å²) in [5, 5.41) is 52.1. The first kappa shape index (κ1) is 31.9. The minimum atomic E-state index is -2.11. The Hall–Kier alpha value is -3.11. The van der Waals surface area contributed by atoms with Gasteiger partial charge in [0.1, 0.15) is 0 Å². The van der Waals surface area contributed by atoms with Crippen molar-refractivity contribution in [2.45, 2.75) is 0 Å². The Bertz CT molecular complexity index is 1620. The summed E-state index contributed by atoms with van der Waals surface area (Å²) in [5.41, 5.74) is 33.3. The number of benzene rings is 5. The molecule has 0 radical (unpaired) electrons. The van der Waals surface area contributed by atoms with E-state index in [-0.39, 0.29) is 28.7 Å². The van der Waals surface area contributed by atoms with E-state index in [2.05, 4.69) is 0 Å². The van der Waals surface area contributed by atoms with E-state index in [4.69, 9.17) is 28.7 Å². The number of anilines is 5. The van der Waals surface area contributed by atoms with Gasteiger partial charge in [-0.25, -0.2) is 0 Å². The van der Waals surface area contributed by atoms with Crippen LogP contribution in [-0.2, 0) is 0 Å². The number of hydrogen-bond acceptors (Lipinski definition) is 10. The molecule has 1 saturated heterocycles. The Kier molecular flexibility index (Phi) is 8.91. The van der Waals surface area contributed by atoms with Gasteiger partial charge in [0.15, 0.2) is 0 Å². The van der Waals surface area contributed by atoms with Gasteiger partial charge in [-0.15, -0.1) is 0 Å². The molecule has 0 bridgehead atoms. The third-order valence-electron chi connectivity index (χ3n) is 7.11. The summed E-state index contributed by atoms with van der Waals surface area (Å²) in [4.78, 5) is 0. The molecular formula is C30H30As5N5O5. The molecule has 0 atom stereocenters. The first-order valence-electron chi connectivity index (χ1n) is 13.4. The van der Waals surface area contributed by atoms with Crippen LogP contribution in [0, 0.1) is 0 Å². The fourth-order valence-corrected chi connectivity index (χ4v) is 610. The molecule has 10 nitrogen and oxygen atoms in total. The van der Waals surface area contributed by atoms with E-state index >= 15 is 0 Å². The fourth-order valence-electron chi connectivity index (χ4n) is 4.83. The first-order valence-corrected chi connectivity index (χ1v) is 44.1. The van der Waals surface area contributed by atoms with Crippen molar-refractivity contribution in [3.8, 4) is 28.7 Å². The molecule has 1 heterocycles. The van der Waals surface area contributed by atoms with Gasteiger partial charge >= 0.3 is 277 Å². The van der Waals surface area contributed by atoms with Crippen LogP contribution < -0.4 is 50.4 Å². The van der Waals surface area contributed by atoms with Gasteiger partial charge < -0.3 is 0 Å². The van der Waals surface area contributed by atoms with Gasteiger partial charge in [0.25, 0.3) is 0 Å². The average molecular weight is 915 g/mol. The number of hydrogen-bond donors (Lipinski definition) is 10. The zero-order valence-corrected chi connectivity index (χ0v) is 32.9. The number of nitrogen functional groups attached to an aromatic ring is 5. The summed E-state index contributed by atoms with van der Waals surface area (Å²) in [7, 11) is -10.5. The van der Waals surface area contributed by atoms with E-state index < -0.39 is 52.6 Å². The third kappa shape index (κ3) is 5.96. The van der Waals surface area contributed by atoms with Crippen molar-refractivity contribution in [2.75, 3.05) is 28.7 Å². The molecule has 0 amide bonds. The monoisotopic (exact) mass is 915 g/mol. The van der Waals surface area contributed by atoms with Crippen LogP contribution in [0.15, 0.2) is 91.0 Å². The number of aromatic hydroxyl groups is 5. The molecule has 0 unspecified atom stereocenters. The van der Waals surface area contributed by atoms with Gasteiger partial charge in [-0.1, -0.05) is 0 Å². The van der Waals surface area contributed by atoms with Gasteiger partial charge in [-0.3, -0.25) is 0 Å². The first-order chi connectivity index (χ1) is 21.4. The van der Waals surface area contributed by atoms with E-state index in [1.54, 1.807) is 30.3 Å². The van der Waals surface area contributed by atoms with Crippen molar-refractivity contribution >= 4 is 103 Å². The van der Waals surface area contributed by atoms with Crippen LogP contribution in [0.4, 0.5) is 28.4 Å². The molecule has 0 saturated carbocycles. The summed E-state index contributed by atoms with van der Waals surface area (Å²) in [6, 6.07) is 28.0. The Balaban J connectivity index is 1.74. The average Bonchev–Trinajstić information content (AvgIpc) is 3.36. The van der Waals surface area contributed by atoms with Crippen molar-refractivity contribution in [1.82, 2.24) is 0 Å². The summed E-state index contributed by atoms with van der Waals surface area (Å²) < 4.78 is 5.79. The van der Waals surface area contributed by atoms with Crippen molar-refractivity contribution < 1.29 is 25.5 Å². The topological polar surface area (TPSA) is 231 Å². The van der Waals surface area contributed by atoms with Gasteiger partial charge in [-0.05, 0) is 0 Å². The van der Waals surface area contributed by atoms with E-state index in [1.165, 1.54) is 0 Å². The number of rotatable bonds is 5. The minimum absolute atomic E-state index is 0.0224. The molecule has 230 valence electrons. The Morgan fingerprint density at radius 2 is 0.444 bits per heavy atom. The van der Waals surface area contributed by atoms with Crippen LogP contribution in [0.2, 0.25) is 0 Å².